The van der Waals surface area contributed by atoms with E-state index in [0.29, 0.717) is 61.3 Å². The van der Waals surface area contributed by atoms with Crippen molar-refractivity contribution in [2.75, 3.05) is 19.7 Å². The van der Waals surface area contributed by atoms with Gasteiger partial charge in [0, 0.05) is 24.9 Å². The van der Waals surface area contributed by atoms with Crippen LogP contribution in [0, 0.1) is 0 Å². The van der Waals surface area contributed by atoms with Gasteiger partial charge in [-0.2, -0.15) is 9.29 Å². The zero-order valence-electron chi connectivity index (χ0n) is 18.8. The van der Waals surface area contributed by atoms with Crippen LogP contribution >= 0.6 is 0 Å². The lowest BCUT2D eigenvalue weighted by Gasteiger charge is -2.29. The van der Waals surface area contributed by atoms with Crippen LogP contribution < -0.4 is 0 Å². The first-order chi connectivity index (χ1) is 16.4. The van der Waals surface area contributed by atoms with Crippen molar-refractivity contribution in [2.45, 2.75) is 55.8 Å². The summed E-state index contributed by atoms with van der Waals surface area (Å²) < 4.78 is 43.7. The van der Waals surface area contributed by atoms with E-state index in [1.807, 2.05) is 0 Å². The van der Waals surface area contributed by atoms with Crippen LogP contribution in [0.2, 0.25) is 0 Å². The fourth-order valence-electron chi connectivity index (χ4n) is 4.05. The lowest BCUT2D eigenvalue weighted by Crippen LogP contribution is -2.38. The van der Waals surface area contributed by atoms with E-state index in [9.17, 15) is 13.2 Å². The molecule has 2 aliphatic rings. The van der Waals surface area contributed by atoms with Gasteiger partial charge >= 0.3 is 5.97 Å². The van der Waals surface area contributed by atoms with E-state index < -0.39 is 16.0 Å². The number of ether oxygens (including phenoxy) is 1. The van der Waals surface area contributed by atoms with Gasteiger partial charge in [0.25, 0.3) is 0 Å². The van der Waals surface area contributed by atoms with Crippen LogP contribution in [0.5, 0.6) is 0 Å². The summed E-state index contributed by atoms with van der Waals surface area (Å²) in [4.78, 5) is 20.8. The van der Waals surface area contributed by atoms with E-state index in [2.05, 4.69) is 15.1 Å². The van der Waals surface area contributed by atoms with E-state index in [1.54, 1.807) is 13.1 Å². The number of sulfonamides is 1. The van der Waals surface area contributed by atoms with Crippen molar-refractivity contribution in [3.8, 4) is 0 Å². The molecule has 0 spiro atoms. The number of esters is 1. The number of nitrogens with zero attached hydrogens (tertiary/aromatic N) is 4. The molecule has 1 aromatic carbocycles. The zero-order valence-corrected chi connectivity index (χ0v) is 19.7. The molecule has 1 aliphatic heterocycles. The maximum atomic E-state index is 13.0. The summed E-state index contributed by atoms with van der Waals surface area (Å²) in [6.45, 7) is 2.67. The van der Waals surface area contributed by atoms with Gasteiger partial charge in [-0.1, -0.05) is 5.16 Å². The van der Waals surface area contributed by atoms with Crippen LogP contribution in [0.25, 0.3) is 0 Å². The molecule has 1 saturated carbocycles. The average Bonchev–Trinajstić information content (AvgIpc) is 3.42. The second kappa shape index (κ2) is 9.30. The normalized spacial score (nSPS) is 17.7. The molecule has 1 saturated heterocycles. The largest absolute Gasteiger partial charge is 0.462 e. The quantitative estimate of drug-likeness (QED) is 0.440. The van der Waals surface area contributed by atoms with Crippen molar-refractivity contribution in [2.24, 2.45) is 0 Å². The Labute approximate surface area is 197 Å². The molecule has 34 heavy (non-hydrogen) atoms. The van der Waals surface area contributed by atoms with Crippen LogP contribution in [-0.2, 0) is 21.2 Å². The van der Waals surface area contributed by atoms with Gasteiger partial charge in [0.2, 0.25) is 15.9 Å². The number of aromatic nitrogens is 3. The van der Waals surface area contributed by atoms with Crippen LogP contribution in [0.3, 0.4) is 0 Å². The summed E-state index contributed by atoms with van der Waals surface area (Å²) in [6.07, 6.45) is 5.54. The molecule has 0 N–H and O–H groups in total. The summed E-state index contributed by atoms with van der Waals surface area (Å²) in [5.74, 6) is 2.52. The summed E-state index contributed by atoms with van der Waals surface area (Å²) in [7, 11) is -3.66. The summed E-state index contributed by atoms with van der Waals surface area (Å²) in [5, 5.41) is 4.06. The zero-order chi connectivity index (χ0) is 23.7. The van der Waals surface area contributed by atoms with Crippen molar-refractivity contribution >= 4 is 16.0 Å². The van der Waals surface area contributed by atoms with Gasteiger partial charge in [0.1, 0.15) is 5.76 Å². The number of carbonyl (C=O) groups is 1. The number of hydrogen-bond acceptors (Lipinski definition) is 9. The minimum absolute atomic E-state index is 0.00404. The molecule has 10 nitrogen and oxygen atoms in total. The minimum atomic E-state index is -3.66. The third kappa shape index (κ3) is 4.76. The highest BCUT2D eigenvalue weighted by atomic mass is 32.2. The van der Waals surface area contributed by atoms with E-state index in [4.69, 9.17) is 13.7 Å². The molecule has 2 aromatic heterocycles. The molecule has 180 valence electrons. The van der Waals surface area contributed by atoms with Crippen molar-refractivity contribution < 1.29 is 26.9 Å². The molecule has 11 heteroatoms. The number of benzene rings is 1. The minimum Gasteiger partial charge on any atom is -0.462 e. The first kappa shape index (κ1) is 22.7. The lowest BCUT2D eigenvalue weighted by atomic mass is 9.98. The van der Waals surface area contributed by atoms with E-state index in [0.717, 1.165) is 18.7 Å². The molecule has 0 unspecified atom stereocenters. The van der Waals surface area contributed by atoms with Gasteiger partial charge in [0.15, 0.2) is 11.7 Å². The smallest absolute Gasteiger partial charge is 0.338 e. The Bertz CT molecular complexity index is 1250. The SMILES string of the molecule is CCOC(=O)c1ccc(S(=O)(=O)N2CCC(c3nc(Cc4cnc(C5CC5)o4)no3)CC2)cc1. The summed E-state index contributed by atoms with van der Waals surface area (Å²) in [6, 6.07) is 5.83. The van der Waals surface area contributed by atoms with Gasteiger partial charge < -0.3 is 13.7 Å². The van der Waals surface area contributed by atoms with Crippen LogP contribution in [0.4, 0.5) is 0 Å². The molecule has 2 fully saturated rings. The van der Waals surface area contributed by atoms with Crippen molar-refractivity contribution in [3.63, 3.8) is 0 Å². The Morgan fingerprint density at radius 1 is 1.09 bits per heavy atom. The fraction of sp³-hybridized carbons (Fsp3) is 0.478. The third-order valence-corrected chi connectivity index (χ3v) is 8.03. The maximum Gasteiger partial charge on any atom is 0.338 e. The molecule has 3 heterocycles. The molecule has 1 aliphatic carbocycles. The van der Waals surface area contributed by atoms with E-state index >= 15 is 0 Å². The van der Waals surface area contributed by atoms with Crippen molar-refractivity contribution in [3.05, 3.63) is 59.4 Å². The van der Waals surface area contributed by atoms with Gasteiger partial charge in [-0.3, -0.25) is 0 Å². The molecule has 3 aromatic rings. The van der Waals surface area contributed by atoms with Crippen LogP contribution in [0.1, 0.15) is 78.2 Å². The number of oxazole rings is 1. The molecule has 0 radical (unpaired) electrons. The monoisotopic (exact) mass is 486 g/mol. The lowest BCUT2D eigenvalue weighted by molar-refractivity contribution is 0.0526. The molecule has 0 amide bonds. The second-order valence-corrected chi connectivity index (χ2v) is 10.5. The predicted molar refractivity (Wildman–Crippen MR) is 119 cm³/mol. The average molecular weight is 487 g/mol. The number of hydrogen-bond donors (Lipinski definition) is 0. The Morgan fingerprint density at radius 3 is 2.47 bits per heavy atom. The Morgan fingerprint density at radius 2 is 1.79 bits per heavy atom. The summed E-state index contributed by atoms with van der Waals surface area (Å²) in [5.41, 5.74) is 0.320. The molecule has 0 atom stereocenters. The molecular weight excluding hydrogens is 460 g/mol. The standard InChI is InChI=1S/C23H26N4O6S/c1-2-31-23(28)17-5-7-19(8-6-17)34(29,30)27-11-9-16(10-12-27)22-25-20(26-33-22)13-18-14-24-21(32-18)15-3-4-15/h5-8,14-16H,2-4,9-13H2,1H3. The van der Waals surface area contributed by atoms with Gasteiger partial charge in [-0.25, -0.2) is 18.2 Å². The third-order valence-electron chi connectivity index (χ3n) is 6.12. The predicted octanol–water partition coefficient (Wildman–Crippen LogP) is 3.27. The van der Waals surface area contributed by atoms with E-state index in [1.165, 1.54) is 28.6 Å². The Kier molecular flexibility index (Phi) is 6.22. The van der Waals surface area contributed by atoms with Gasteiger partial charge in [0.05, 0.1) is 29.7 Å². The van der Waals surface area contributed by atoms with Crippen LogP contribution in [0.15, 0.2) is 44.3 Å². The second-order valence-electron chi connectivity index (χ2n) is 8.59. The Balaban J connectivity index is 1.18. The van der Waals surface area contributed by atoms with E-state index in [-0.39, 0.29) is 17.4 Å². The fourth-order valence-corrected chi connectivity index (χ4v) is 5.52. The van der Waals surface area contributed by atoms with Crippen molar-refractivity contribution in [1.29, 1.82) is 0 Å². The number of carbonyl (C=O) groups excluding carboxylic acids is 1. The van der Waals surface area contributed by atoms with Gasteiger partial charge in [-0.15, -0.1) is 0 Å². The highest BCUT2D eigenvalue weighted by Crippen LogP contribution is 2.39. The molecule has 5 rings (SSSR count). The number of rotatable bonds is 8. The molecular formula is C23H26N4O6S. The number of piperidine rings is 1. The van der Waals surface area contributed by atoms with Crippen LogP contribution in [-0.4, -0.2) is 53.5 Å². The highest BCUT2D eigenvalue weighted by molar-refractivity contribution is 7.89. The first-order valence-electron chi connectivity index (χ1n) is 11.5. The van der Waals surface area contributed by atoms with Crippen molar-refractivity contribution in [1.82, 2.24) is 19.4 Å². The molecule has 0 bridgehead atoms. The Hall–Kier alpha value is -3.05. The van der Waals surface area contributed by atoms with Gasteiger partial charge in [-0.05, 0) is 56.9 Å². The topological polar surface area (TPSA) is 129 Å². The summed E-state index contributed by atoms with van der Waals surface area (Å²) >= 11 is 0. The maximum absolute atomic E-state index is 13.0. The first-order valence-corrected chi connectivity index (χ1v) is 12.9. The highest BCUT2D eigenvalue weighted by Gasteiger charge is 2.33.